The van der Waals surface area contributed by atoms with Gasteiger partial charge in [-0.05, 0) is 45.3 Å². The minimum absolute atomic E-state index is 0.0460. The highest BCUT2D eigenvalue weighted by atomic mass is 16.5. The molecule has 0 aromatic heterocycles. The highest BCUT2D eigenvalue weighted by molar-refractivity contribution is 5.76. The van der Waals surface area contributed by atoms with E-state index < -0.39 is 0 Å². The van der Waals surface area contributed by atoms with Crippen LogP contribution < -0.4 is 0 Å². The van der Waals surface area contributed by atoms with Gasteiger partial charge in [-0.15, -0.1) is 0 Å². The van der Waals surface area contributed by atoms with Crippen molar-refractivity contribution in [2.45, 2.75) is 25.3 Å². The zero-order chi connectivity index (χ0) is 11.5. The fourth-order valence-electron chi connectivity index (χ4n) is 2.64. The molecule has 2 aliphatic rings. The van der Waals surface area contributed by atoms with Crippen LogP contribution in [0.1, 0.15) is 19.3 Å². The number of carbonyl (C=O) groups is 1. The molecule has 2 rings (SSSR count). The van der Waals surface area contributed by atoms with Gasteiger partial charge < -0.3 is 9.64 Å². The summed E-state index contributed by atoms with van der Waals surface area (Å²) >= 11 is 0. The number of methoxy groups -OCH3 is 1. The normalized spacial score (nSPS) is 28.8. The Labute approximate surface area is 97.5 Å². The van der Waals surface area contributed by atoms with Crippen molar-refractivity contribution >= 4 is 5.97 Å². The molecule has 4 nitrogen and oxygen atoms in total. The summed E-state index contributed by atoms with van der Waals surface area (Å²) in [6.45, 7) is 4.53. The topological polar surface area (TPSA) is 32.8 Å². The van der Waals surface area contributed by atoms with Crippen LogP contribution in [0.4, 0.5) is 0 Å². The number of esters is 1. The third-order valence-corrected chi connectivity index (χ3v) is 3.93. The molecular formula is C12H22N2O2. The lowest BCUT2D eigenvalue weighted by Crippen LogP contribution is -2.54. The van der Waals surface area contributed by atoms with Crippen molar-refractivity contribution in [1.29, 1.82) is 0 Å². The maximum absolute atomic E-state index is 11.4. The largest absolute Gasteiger partial charge is 0.468 e. The molecule has 0 bridgehead atoms. The zero-order valence-corrected chi connectivity index (χ0v) is 10.3. The van der Waals surface area contributed by atoms with Crippen molar-refractivity contribution in [3.63, 3.8) is 0 Å². The van der Waals surface area contributed by atoms with Gasteiger partial charge in [-0.3, -0.25) is 9.69 Å². The van der Waals surface area contributed by atoms with E-state index in [-0.39, 0.29) is 12.0 Å². The Morgan fingerprint density at radius 1 is 1.25 bits per heavy atom. The average Bonchev–Trinajstić information content (AvgIpc) is 2.26. The second-order valence-corrected chi connectivity index (χ2v) is 5.07. The summed E-state index contributed by atoms with van der Waals surface area (Å²) in [6.07, 6.45) is 3.50. The van der Waals surface area contributed by atoms with E-state index in [1.807, 2.05) is 0 Å². The van der Waals surface area contributed by atoms with E-state index in [1.165, 1.54) is 33.0 Å². The number of hydrogen-bond donors (Lipinski definition) is 0. The Bertz CT molecular complexity index is 249. The van der Waals surface area contributed by atoms with Gasteiger partial charge in [0.05, 0.1) is 7.11 Å². The standard InChI is InChI=1S/C12H22N2O2/c1-13-6-3-10(4-7-13)9-14-8-5-11(14)12(15)16-2/h10-11H,3-9H2,1-2H3. The number of piperidine rings is 1. The van der Waals surface area contributed by atoms with Gasteiger partial charge >= 0.3 is 5.97 Å². The Kier molecular flexibility index (Phi) is 3.82. The highest BCUT2D eigenvalue weighted by Gasteiger charge is 2.36. The van der Waals surface area contributed by atoms with Gasteiger partial charge in [-0.1, -0.05) is 0 Å². The van der Waals surface area contributed by atoms with Crippen LogP contribution >= 0.6 is 0 Å². The van der Waals surface area contributed by atoms with Crippen LogP contribution in [0.5, 0.6) is 0 Å². The second kappa shape index (κ2) is 5.15. The molecular weight excluding hydrogens is 204 g/mol. The molecule has 2 aliphatic heterocycles. The molecule has 2 fully saturated rings. The predicted octanol–water partition coefficient (Wildman–Crippen LogP) is 0.575. The molecule has 0 aromatic rings. The first-order valence-electron chi connectivity index (χ1n) is 6.21. The maximum Gasteiger partial charge on any atom is 0.323 e. The van der Waals surface area contributed by atoms with E-state index in [4.69, 9.17) is 4.74 Å². The van der Waals surface area contributed by atoms with E-state index in [0.29, 0.717) is 0 Å². The minimum atomic E-state index is -0.0563. The van der Waals surface area contributed by atoms with Crippen LogP contribution in [-0.4, -0.2) is 62.1 Å². The smallest absolute Gasteiger partial charge is 0.323 e. The number of rotatable bonds is 3. The molecule has 1 unspecified atom stereocenters. The van der Waals surface area contributed by atoms with E-state index in [2.05, 4.69) is 16.8 Å². The summed E-state index contributed by atoms with van der Waals surface area (Å²) in [4.78, 5) is 16.1. The van der Waals surface area contributed by atoms with Gasteiger partial charge in [0, 0.05) is 13.1 Å². The van der Waals surface area contributed by atoms with Crippen molar-refractivity contribution in [3.05, 3.63) is 0 Å². The SMILES string of the molecule is COC(=O)C1CCN1CC1CCN(C)CC1. The molecule has 92 valence electrons. The van der Waals surface area contributed by atoms with Crippen LogP contribution in [0.2, 0.25) is 0 Å². The van der Waals surface area contributed by atoms with Gasteiger partial charge in [0.1, 0.15) is 6.04 Å². The molecule has 4 heteroatoms. The molecule has 0 amide bonds. The fourth-order valence-corrected chi connectivity index (χ4v) is 2.64. The fraction of sp³-hybridized carbons (Fsp3) is 0.917. The summed E-state index contributed by atoms with van der Waals surface area (Å²) in [6, 6.07) is 0.0460. The monoisotopic (exact) mass is 226 g/mol. The predicted molar refractivity (Wildman–Crippen MR) is 62.2 cm³/mol. The summed E-state index contributed by atoms with van der Waals surface area (Å²) in [5.74, 6) is 0.711. The lowest BCUT2D eigenvalue weighted by atomic mass is 9.93. The number of ether oxygens (including phenoxy) is 1. The number of nitrogens with zero attached hydrogens (tertiary/aromatic N) is 2. The maximum atomic E-state index is 11.4. The van der Waals surface area contributed by atoms with E-state index in [0.717, 1.165) is 25.4 Å². The van der Waals surface area contributed by atoms with E-state index in [9.17, 15) is 4.79 Å². The van der Waals surface area contributed by atoms with Crippen molar-refractivity contribution in [2.24, 2.45) is 5.92 Å². The average molecular weight is 226 g/mol. The molecule has 2 saturated heterocycles. The molecule has 16 heavy (non-hydrogen) atoms. The molecule has 0 spiro atoms. The van der Waals surface area contributed by atoms with E-state index >= 15 is 0 Å². The Morgan fingerprint density at radius 3 is 2.44 bits per heavy atom. The summed E-state index contributed by atoms with van der Waals surface area (Å²) < 4.78 is 4.80. The Balaban J connectivity index is 1.75. The van der Waals surface area contributed by atoms with Crippen LogP contribution in [0.3, 0.4) is 0 Å². The van der Waals surface area contributed by atoms with Crippen LogP contribution in [0, 0.1) is 5.92 Å². The van der Waals surface area contributed by atoms with Gasteiger partial charge in [-0.2, -0.15) is 0 Å². The summed E-state index contributed by atoms with van der Waals surface area (Å²) in [5.41, 5.74) is 0. The molecule has 0 aliphatic carbocycles. The van der Waals surface area contributed by atoms with Gasteiger partial charge in [0.2, 0.25) is 0 Å². The molecule has 0 aromatic carbocycles. The van der Waals surface area contributed by atoms with E-state index in [1.54, 1.807) is 0 Å². The van der Waals surface area contributed by atoms with Crippen LogP contribution in [-0.2, 0) is 9.53 Å². The third kappa shape index (κ3) is 2.55. The minimum Gasteiger partial charge on any atom is -0.468 e. The molecule has 1 atom stereocenters. The lowest BCUT2D eigenvalue weighted by Gasteiger charge is -2.42. The van der Waals surface area contributed by atoms with Crippen LogP contribution in [0.15, 0.2) is 0 Å². The van der Waals surface area contributed by atoms with Gasteiger partial charge in [0.25, 0.3) is 0 Å². The van der Waals surface area contributed by atoms with Crippen molar-refractivity contribution < 1.29 is 9.53 Å². The molecule has 0 radical (unpaired) electrons. The molecule has 0 saturated carbocycles. The summed E-state index contributed by atoms with van der Waals surface area (Å²) in [5, 5.41) is 0. The van der Waals surface area contributed by atoms with Gasteiger partial charge in [-0.25, -0.2) is 0 Å². The van der Waals surface area contributed by atoms with Gasteiger partial charge in [0.15, 0.2) is 0 Å². The van der Waals surface area contributed by atoms with Crippen LogP contribution in [0.25, 0.3) is 0 Å². The second-order valence-electron chi connectivity index (χ2n) is 5.07. The molecule has 0 N–H and O–H groups in total. The van der Waals surface area contributed by atoms with Crippen molar-refractivity contribution in [3.8, 4) is 0 Å². The number of hydrogen-bond acceptors (Lipinski definition) is 4. The number of carbonyl (C=O) groups excluding carboxylic acids is 1. The first-order chi connectivity index (χ1) is 7.70. The first-order valence-corrected chi connectivity index (χ1v) is 6.21. The van der Waals surface area contributed by atoms with Crippen molar-refractivity contribution in [1.82, 2.24) is 9.80 Å². The molecule has 2 heterocycles. The first kappa shape index (κ1) is 11.9. The quantitative estimate of drug-likeness (QED) is 0.659. The van der Waals surface area contributed by atoms with Crippen molar-refractivity contribution in [2.75, 3.05) is 40.3 Å². The lowest BCUT2D eigenvalue weighted by molar-refractivity contribution is -0.152. The Morgan fingerprint density at radius 2 is 1.94 bits per heavy atom. The third-order valence-electron chi connectivity index (χ3n) is 3.93. The summed E-state index contributed by atoms with van der Waals surface area (Å²) in [7, 11) is 3.66. The highest BCUT2D eigenvalue weighted by Crippen LogP contribution is 2.24. The number of likely N-dealkylation sites (tertiary alicyclic amines) is 2. The zero-order valence-electron chi connectivity index (χ0n) is 10.3. The Hall–Kier alpha value is -0.610.